The van der Waals surface area contributed by atoms with Gasteiger partial charge in [0.1, 0.15) is 17.2 Å². The van der Waals surface area contributed by atoms with E-state index in [2.05, 4.69) is 21.2 Å². The molecular formula is C18H19BrClFN2O2. The number of rotatable bonds is 2. The van der Waals surface area contributed by atoms with Gasteiger partial charge < -0.3 is 15.8 Å². The zero-order valence-corrected chi connectivity index (χ0v) is 16.2. The SMILES string of the molecule is CC1(C)CC(NC(=O)c2cc(F)cc(Br)c2)c2cc(N)ccc2O1.Cl. The summed E-state index contributed by atoms with van der Waals surface area (Å²) in [5.74, 6) is -0.107. The van der Waals surface area contributed by atoms with Crippen molar-refractivity contribution in [3.05, 3.63) is 57.8 Å². The van der Waals surface area contributed by atoms with Gasteiger partial charge in [-0.1, -0.05) is 15.9 Å². The van der Waals surface area contributed by atoms with Crippen LogP contribution in [-0.4, -0.2) is 11.5 Å². The molecular weight excluding hydrogens is 411 g/mol. The molecule has 2 aromatic carbocycles. The van der Waals surface area contributed by atoms with Gasteiger partial charge >= 0.3 is 0 Å². The van der Waals surface area contributed by atoms with Gasteiger partial charge in [0.2, 0.25) is 0 Å². The average Bonchev–Trinajstić information content (AvgIpc) is 2.46. The highest BCUT2D eigenvalue weighted by atomic mass is 79.9. The van der Waals surface area contributed by atoms with Crippen LogP contribution < -0.4 is 15.8 Å². The summed E-state index contributed by atoms with van der Waals surface area (Å²) in [5.41, 5.74) is 7.14. The number of ether oxygens (including phenoxy) is 1. The molecule has 4 nitrogen and oxygen atoms in total. The Balaban J connectivity index is 0.00000225. The van der Waals surface area contributed by atoms with E-state index in [1.807, 2.05) is 19.9 Å². The third-order valence-corrected chi connectivity index (χ3v) is 4.38. The van der Waals surface area contributed by atoms with E-state index in [9.17, 15) is 9.18 Å². The number of halogens is 3. The standard InChI is InChI=1S/C18H18BrFN2O2.ClH/c1-18(2)9-15(14-8-13(21)3-4-16(14)24-18)22-17(23)10-5-11(19)7-12(20)6-10;/h3-8,15H,9,21H2,1-2H3,(H,22,23);1H. The van der Waals surface area contributed by atoms with Crippen LogP contribution in [-0.2, 0) is 0 Å². The van der Waals surface area contributed by atoms with Crippen molar-refractivity contribution >= 4 is 39.9 Å². The number of amides is 1. The highest BCUT2D eigenvalue weighted by molar-refractivity contribution is 9.10. The van der Waals surface area contributed by atoms with Gasteiger partial charge in [-0.2, -0.15) is 0 Å². The van der Waals surface area contributed by atoms with E-state index in [0.29, 0.717) is 22.3 Å². The van der Waals surface area contributed by atoms with Crippen LogP contribution in [0.1, 0.15) is 42.2 Å². The first-order chi connectivity index (χ1) is 11.2. The minimum Gasteiger partial charge on any atom is -0.487 e. The number of nitrogen functional groups attached to an aromatic ring is 1. The number of nitrogens with two attached hydrogens (primary N) is 1. The Hall–Kier alpha value is -1.79. The highest BCUT2D eigenvalue weighted by Crippen LogP contribution is 2.40. The number of carbonyl (C=O) groups excluding carboxylic acids is 1. The number of nitrogens with one attached hydrogen (secondary N) is 1. The van der Waals surface area contributed by atoms with E-state index in [1.54, 1.807) is 18.2 Å². The Morgan fingerprint density at radius 3 is 2.72 bits per heavy atom. The fraction of sp³-hybridized carbons (Fsp3) is 0.278. The van der Waals surface area contributed by atoms with Crippen molar-refractivity contribution in [2.45, 2.75) is 31.9 Å². The summed E-state index contributed by atoms with van der Waals surface area (Å²) < 4.78 is 20.0. The third kappa shape index (κ3) is 4.44. The first kappa shape index (κ1) is 19.5. The number of hydrogen-bond donors (Lipinski definition) is 2. The molecule has 1 amide bonds. The maximum atomic E-state index is 13.5. The molecule has 0 radical (unpaired) electrons. The fourth-order valence-electron chi connectivity index (χ4n) is 2.93. The lowest BCUT2D eigenvalue weighted by molar-refractivity contribution is 0.0620. The molecule has 0 spiro atoms. The number of carbonyl (C=O) groups is 1. The molecule has 0 aliphatic carbocycles. The molecule has 3 N–H and O–H groups in total. The van der Waals surface area contributed by atoms with Crippen LogP contribution in [0.25, 0.3) is 0 Å². The highest BCUT2D eigenvalue weighted by Gasteiger charge is 2.34. The summed E-state index contributed by atoms with van der Waals surface area (Å²) in [5, 5.41) is 2.97. The molecule has 3 rings (SSSR count). The minimum absolute atomic E-state index is 0. The summed E-state index contributed by atoms with van der Waals surface area (Å²) in [4.78, 5) is 12.6. The molecule has 1 atom stereocenters. The second kappa shape index (κ2) is 7.22. The lowest BCUT2D eigenvalue weighted by atomic mass is 9.89. The summed E-state index contributed by atoms with van der Waals surface area (Å²) in [6.07, 6.45) is 0.589. The van der Waals surface area contributed by atoms with Crippen LogP contribution in [0.3, 0.4) is 0 Å². The third-order valence-electron chi connectivity index (χ3n) is 3.92. The second-order valence-corrected chi connectivity index (χ2v) is 7.46. The van der Waals surface area contributed by atoms with Crippen molar-refractivity contribution in [3.63, 3.8) is 0 Å². The molecule has 0 aromatic heterocycles. The average molecular weight is 430 g/mol. The smallest absolute Gasteiger partial charge is 0.251 e. The van der Waals surface area contributed by atoms with E-state index < -0.39 is 11.4 Å². The minimum atomic E-state index is -0.466. The maximum absolute atomic E-state index is 13.5. The molecule has 2 aromatic rings. The van der Waals surface area contributed by atoms with Crippen LogP contribution >= 0.6 is 28.3 Å². The molecule has 25 heavy (non-hydrogen) atoms. The van der Waals surface area contributed by atoms with Gasteiger partial charge in [0.05, 0.1) is 6.04 Å². The van der Waals surface area contributed by atoms with Gasteiger partial charge in [-0.25, -0.2) is 4.39 Å². The normalized spacial score (nSPS) is 17.7. The van der Waals surface area contributed by atoms with Crippen LogP contribution in [0.4, 0.5) is 10.1 Å². The van der Waals surface area contributed by atoms with Crippen LogP contribution in [0.15, 0.2) is 40.9 Å². The second-order valence-electron chi connectivity index (χ2n) is 6.55. The Labute approximate surface area is 160 Å². The molecule has 0 saturated carbocycles. The molecule has 1 aliphatic heterocycles. The van der Waals surface area contributed by atoms with Gasteiger partial charge in [0, 0.05) is 27.7 Å². The molecule has 0 bridgehead atoms. The molecule has 0 fully saturated rings. The predicted molar refractivity (Wildman–Crippen MR) is 102 cm³/mol. The van der Waals surface area contributed by atoms with Crippen molar-refractivity contribution in [1.82, 2.24) is 5.32 Å². The molecule has 1 heterocycles. The predicted octanol–water partition coefficient (Wildman–Crippen LogP) is 4.62. The van der Waals surface area contributed by atoms with Crippen molar-refractivity contribution in [2.75, 3.05) is 5.73 Å². The molecule has 7 heteroatoms. The fourth-order valence-corrected chi connectivity index (χ4v) is 3.39. The van der Waals surface area contributed by atoms with Crippen molar-refractivity contribution < 1.29 is 13.9 Å². The summed E-state index contributed by atoms with van der Waals surface area (Å²) in [7, 11) is 0. The first-order valence-electron chi connectivity index (χ1n) is 7.59. The van der Waals surface area contributed by atoms with E-state index >= 15 is 0 Å². The number of hydrogen-bond acceptors (Lipinski definition) is 3. The number of anilines is 1. The van der Waals surface area contributed by atoms with Crippen molar-refractivity contribution in [2.24, 2.45) is 0 Å². The van der Waals surface area contributed by atoms with Crippen LogP contribution in [0.5, 0.6) is 5.75 Å². The molecule has 1 aliphatic rings. The Kier molecular flexibility index (Phi) is 5.64. The van der Waals surface area contributed by atoms with E-state index in [0.717, 1.165) is 5.56 Å². The molecule has 0 saturated heterocycles. The topological polar surface area (TPSA) is 64.4 Å². The lowest BCUT2D eigenvalue weighted by Crippen LogP contribution is -2.41. The van der Waals surface area contributed by atoms with E-state index in [4.69, 9.17) is 10.5 Å². The van der Waals surface area contributed by atoms with Gasteiger partial charge in [-0.15, -0.1) is 12.4 Å². The summed E-state index contributed by atoms with van der Waals surface area (Å²) >= 11 is 3.20. The zero-order valence-electron chi connectivity index (χ0n) is 13.8. The summed E-state index contributed by atoms with van der Waals surface area (Å²) in [6.45, 7) is 3.93. The quantitative estimate of drug-likeness (QED) is 0.684. The number of benzene rings is 2. The van der Waals surface area contributed by atoms with Gasteiger partial charge in [-0.3, -0.25) is 4.79 Å². The van der Waals surface area contributed by atoms with Gasteiger partial charge in [-0.05, 0) is 50.2 Å². The Bertz CT molecular complexity index is 793. The van der Waals surface area contributed by atoms with Gasteiger partial charge in [0.15, 0.2) is 0 Å². The maximum Gasteiger partial charge on any atom is 0.251 e. The largest absolute Gasteiger partial charge is 0.487 e. The van der Waals surface area contributed by atoms with E-state index in [1.165, 1.54) is 12.1 Å². The van der Waals surface area contributed by atoms with Crippen LogP contribution in [0, 0.1) is 5.82 Å². The lowest BCUT2D eigenvalue weighted by Gasteiger charge is -2.38. The monoisotopic (exact) mass is 428 g/mol. The first-order valence-corrected chi connectivity index (χ1v) is 8.38. The summed E-state index contributed by atoms with van der Waals surface area (Å²) in [6, 6.07) is 9.23. The van der Waals surface area contributed by atoms with Crippen LogP contribution in [0.2, 0.25) is 0 Å². The number of fused-ring (bicyclic) bond motifs is 1. The van der Waals surface area contributed by atoms with E-state index in [-0.39, 0.29) is 29.9 Å². The van der Waals surface area contributed by atoms with Crippen molar-refractivity contribution in [1.29, 1.82) is 0 Å². The molecule has 1 unspecified atom stereocenters. The Morgan fingerprint density at radius 2 is 2.04 bits per heavy atom. The van der Waals surface area contributed by atoms with Crippen molar-refractivity contribution in [3.8, 4) is 5.75 Å². The van der Waals surface area contributed by atoms with Gasteiger partial charge in [0.25, 0.3) is 5.91 Å². The Morgan fingerprint density at radius 1 is 1.32 bits per heavy atom. The molecule has 134 valence electrons. The zero-order chi connectivity index (χ0) is 17.5.